The number of amides is 3. The maximum absolute atomic E-state index is 13.3. The van der Waals surface area contributed by atoms with E-state index in [0.29, 0.717) is 35.5 Å². The van der Waals surface area contributed by atoms with Crippen molar-refractivity contribution in [3.63, 3.8) is 0 Å². The van der Waals surface area contributed by atoms with Gasteiger partial charge in [-0.25, -0.2) is 18.1 Å². The van der Waals surface area contributed by atoms with Gasteiger partial charge >= 0.3 is 0 Å². The Hall–Kier alpha value is -4.17. The molecule has 3 aromatic carbocycles. The molecule has 266 valence electrons. The van der Waals surface area contributed by atoms with Crippen molar-refractivity contribution in [2.24, 2.45) is 5.92 Å². The van der Waals surface area contributed by atoms with Gasteiger partial charge in [0.05, 0.1) is 29.7 Å². The van der Waals surface area contributed by atoms with Crippen LogP contribution in [-0.4, -0.2) is 59.6 Å². The molecule has 0 saturated heterocycles. The van der Waals surface area contributed by atoms with Gasteiger partial charge in [-0.3, -0.25) is 14.4 Å². The molecular weight excluding hydrogens is 698 g/mol. The molecule has 0 aliphatic heterocycles. The van der Waals surface area contributed by atoms with Crippen molar-refractivity contribution >= 4 is 52.0 Å². The van der Waals surface area contributed by atoms with E-state index >= 15 is 0 Å². The number of imidazole rings is 1. The minimum Gasteiger partial charge on any atom is -0.390 e. The minimum absolute atomic E-state index is 0.0760. The van der Waals surface area contributed by atoms with Gasteiger partial charge in [0, 0.05) is 37.2 Å². The Kier molecular flexibility index (Phi) is 14.5. The largest absolute Gasteiger partial charge is 0.390 e. The first-order valence-corrected chi connectivity index (χ1v) is 18.8. The highest BCUT2D eigenvalue weighted by Crippen LogP contribution is 2.28. The van der Waals surface area contributed by atoms with E-state index in [4.69, 9.17) is 11.6 Å². The van der Waals surface area contributed by atoms with E-state index in [9.17, 15) is 27.9 Å². The van der Waals surface area contributed by atoms with Gasteiger partial charge in [-0.1, -0.05) is 97.7 Å². The van der Waals surface area contributed by atoms with Crippen molar-refractivity contribution in [2.75, 3.05) is 18.8 Å². The lowest BCUT2D eigenvalue weighted by Gasteiger charge is -2.15. The van der Waals surface area contributed by atoms with Gasteiger partial charge in [0.25, 0.3) is 10.0 Å². The lowest BCUT2D eigenvalue weighted by atomic mass is 10.0. The lowest BCUT2D eigenvalue weighted by molar-refractivity contribution is -0.128. The summed E-state index contributed by atoms with van der Waals surface area (Å²) in [4.78, 5) is 41.9. The van der Waals surface area contributed by atoms with Crippen molar-refractivity contribution in [3.05, 3.63) is 107 Å². The normalized spacial score (nSPS) is 11.9. The van der Waals surface area contributed by atoms with Crippen molar-refractivity contribution < 1.29 is 27.9 Å². The van der Waals surface area contributed by atoms with Crippen LogP contribution in [0.15, 0.2) is 83.8 Å². The molecule has 0 saturated carbocycles. The average molecular weight is 740 g/mol. The number of halogens is 1. The summed E-state index contributed by atoms with van der Waals surface area (Å²) in [6.45, 7) is 1.86. The number of aromatic nitrogens is 2. The fraction of sp³-hybridized carbons (Fsp3) is 0.333. The summed E-state index contributed by atoms with van der Waals surface area (Å²) in [6, 6.07) is 23.2. The number of benzene rings is 3. The summed E-state index contributed by atoms with van der Waals surface area (Å²) >= 11 is 10.6. The molecule has 11 nitrogen and oxygen atoms in total. The Morgan fingerprint density at radius 2 is 1.64 bits per heavy atom. The predicted octanol–water partition coefficient (Wildman–Crippen LogP) is 4.30. The van der Waals surface area contributed by atoms with Crippen LogP contribution in [0.4, 0.5) is 0 Å². The second-order valence-corrected chi connectivity index (χ2v) is 14.1. The second kappa shape index (κ2) is 18.7. The molecule has 50 heavy (non-hydrogen) atoms. The van der Waals surface area contributed by atoms with E-state index in [-0.39, 0.29) is 42.1 Å². The monoisotopic (exact) mass is 739 g/mol. The standard InChI is InChI=1S/C36H42ClN5O6S2/c1-2-3-13-32-40-35(37)30(23-43)42(32)22-26-14-16-27(17-15-26)29-11-7-8-12-31(29)50(47,48)41-33(44)18-19-38-34(45)21-39-36(46)28(24-49)20-25-9-5-4-6-10-25/h4-12,14-17,28,43,49H,2-3,13,18-24H2,1H3,(H,38,45)(H,39,46)(H,41,44). The summed E-state index contributed by atoms with van der Waals surface area (Å²) in [5.74, 6) is -0.946. The summed E-state index contributed by atoms with van der Waals surface area (Å²) in [7, 11) is -4.26. The van der Waals surface area contributed by atoms with Crippen molar-refractivity contribution in [3.8, 4) is 11.1 Å². The molecule has 4 aromatic rings. The zero-order valence-corrected chi connectivity index (χ0v) is 30.2. The molecule has 0 bridgehead atoms. The van der Waals surface area contributed by atoms with Crippen LogP contribution < -0.4 is 15.4 Å². The number of carbonyl (C=O) groups is 3. The third-order valence-corrected chi connectivity index (χ3v) is 10.2. The molecule has 1 heterocycles. The minimum atomic E-state index is -4.26. The molecule has 0 radical (unpaired) electrons. The Balaban J connectivity index is 1.32. The van der Waals surface area contributed by atoms with Crippen LogP contribution in [-0.2, 0) is 50.4 Å². The molecule has 1 unspecified atom stereocenters. The molecular formula is C36H42ClN5O6S2. The van der Waals surface area contributed by atoms with Gasteiger partial charge in [-0.15, -0.1) is 0 Å². The van der Waals surface area contributed by atoms with Gasteiger partial charge in [-0.2, -0.15) is 12.6 Å². The topological polar surface area (TPSA) is 159 Å². The number of thiol groups is 1. The number of sulfonamides is 1. The Bertz CT molecular complexity index is 1870. The third-order valence-electron chi connectivity index (χ3n) is 8.05. The zero-order chi connectivity index (χ0) is 36.1. The van der Waals surface area contributed by atoms with Crippen LogP contribution in [0.3, 0.4) is 0 Å². The lowest BCUT2D eigenvalue weighted by Crippen LogP contribution is -2.41. The van der Waals surface area contributed by atoms with Gasteiger partial charge in [0.2, 0.25) is 17.7 Å². The number of carbonyl (C=O) groups excluding carboxylic acids is 3. The predicted molar refractivity (Wildman–Crippen MR) is 196 cm³/mol. The maximum atomic E-state index is 13.3. The van der Waals surface area contributed by atoms with E-state index in [0.717, 1.165) is 36.2 Å². The Morgan fingerprint density at radius 1 is 0.940 bits per heavy atom. The molecule has 0 spiro atoms. The molecule has 0 aliphatic carbocycles. The van der Waals surface area contributed by atoms with Crippen LogP contribution in [0.2, 0.25) is 5.15 Å². The molecule has 3 amide bonds. The Morgan fingerprint density at radius 3 is 2.32 bits per heavy atom. The number of nitrogens with one attached hydrogen (secondary N) is 3. The molecule has 4 rings (SSSR count). The second-order valence-electron chi connectivity index (χ2n) is 11.7. The number of aryl methyl sites for hydroxylation is 1. The molecule has 1 atom stereocenters. The van der Waals surface area contributed by atoms with Gasteiger partial charge in [0.1, 0.15) is 5.82 Å². The number of hydrogen-bond acceptors (Lipinski definition) is 8. The smallest absolute Gasteiger partial charge is 0.264 e. The van der Waals surface area contributed by atoms with Crippen molar-refractivity contribution in [1.29, 1.82) is 0 Å². The number of aliphatic hydroxyl groups excluding tert-OH is 1. The summed E-state index contributed by atoms with van der Waals surface area (Å²) in [5, 5.41) is 15.3. The zero-order valence-electron chi connectivity index (χ0n) is 27.8. The van der Waals surface area contributed by atoms with E-state index in [1.54, 1.807) is 30.3 Å². The molecule has 14 heteroatoms. The highest BCUT2D eigenvalue weighted by molar-refractivity contribution is 7.90. The van der Waals surface area contributed by atoms with Crippen LogP contribution >= 0.6 is 24.2 Å². The highest BCUT2D eigenvalue weighted by Gasteiger charge is 2.23. The quantitative estimate of drug-likeness (QED) is 0.0952. The molecule has 1 aromatic heterocycles. The maximum Gasteiger partial charge on any atom is 0.264 e. The van der Waals surface area contributed by atoms with Gasteiger partial charge < -0.3 is 20.3 Å². The first-order chi connectivity index (χ1) is 24.1. The van der Waals surface area contributed by atoms with Crippen LogP contribution in [0.5, 0.6) is 0 Å². The van der Waals surface area contributed by atoms with Crippen LogP contribution in [0, 0.1) is 5.92 Å². The van der Waals surface area contributed by atoms with E-state index in [1.807, 2.05) is 47.0 Å². The number of nitrogens with zero attached hydrogens (tertiary/aromatic N) is 2. The fourth-order valence-electron chi connectivity index (χ4n) is 5.36. The molecule has 0 aliphatic rings. The van der Waals surface area contributed by atoms with Crippen LogP contribution in [0.1, 0.15) is 48.8 Å². The highest BCUT2D eigenvalue weighted by atomic mass is 35.5. The first-order valence-electron chi connectivity index (χ1n) is 16.3. The summed E-state index contributed by atoms with van der Waals surface area (Å²) < 4.78 is 30.6. The van der Waals surface area contributed by atoms with Gasteiger partial charge in [-0.05, 0) is 35.6 Å². The molecule has 4 N–H and O–H groups in total. The number of aliphatic hydroxyl groups is 1. The number of hydrogen-bond donors (Lipinski definition) is 5. The molecule has 0 fully saturated rings. The van der Waals surface area contributed by atoms with E-state index in [1.165, 1.54) is 6.07 Å². The summed E-state index contributed by atoms with van der Waals surface area (Å²) in [5.41, 5.74) is 3.45. The van der Waals surface area contributed by atoms with Crippen molar-refractivity contribution in [2.45, 2.75) is 57.1 Å². The average Bonchev–Trinajstić information content (AvgIpc) is 3.41. The third kappa shape index (κ3) is 10.7. The van der Waals surface area contributed by atoms with Crippen molar-refractivity contribution in [1.82, 2.24) is 24.9 Å². The number of unbranched alkanes of at least 4 members (excludes halogenated alkanes) is 1. The van der Waals surface area contributed by atoms with Gasteiger partial charge in [0.15, 0.2) is 5.15 Å². The number of rotatable bonds is 18. The summed E-state index contributed by atoms with van der Waals surface area (Å²) in [6.07, 6.45) is 2.83. The van der Waals surface area contributed by atoms with Crippen LogP contribution in [0.25, 0.3) is 11.1 Å². The van der Waals surface area contributed by atoms with E-state index in [2.05, 4.69) is 39.9 Å². The fourth-order valence-corrected chi connectivity index (χ4v) is 7.16. The Labute approximate surface area is 303 Å². The first kappa shape index (κ1) is 38.6. The SMILES string of the molecule is CCCCc1nc(Cl)c(CO)n1Cc1ccc(-c2ccccc2S(=O)(=O)NC(=O)CCNC(=O)CNC(=O)C(CS)Cc2ccccc2)cc1. The van der Waals surface area contributed by atoms with E-state index < -0.39 is 27.8 Å².